The summed E-state index contributed by atoms with van der Waals surface area (Å²) in [6.45, 7) is 1.96. The maximum absolute atomic E-state index is 13.1. The maximum Gasteiger partial charge on any atom is 0.254 e. The van der Waals surface area contributed by atoms with Gasteiger partial charge < -0.3 is 10.6 Å². The zero-order valence-electron chi connectivity index (χ0n) is 10.8. The molecule has 4 rings (SSSR count). The van der Waals surface area contributed by atoms with Crippen molar-refractivity contribution < 1.29 is 8.78 Å². The SMILES string of the molecule is FC1(F)C2CC(Nc3ccc4c(c3)CNCC4)CC21. The monoisotopic (exact) mass is 264 g/mol. The minimum Gasteiger partial charge on any atom is -0.382 e. The first-order valence-electron chi connectivity index (χ1n) is 7.11. The van der Waals surface area contributed by atoms with Crippen molar-refractivity contribution in [3.63, 3.8) is 0 Å². The molecule has 1 aliphatic heterocycles. The van der Waals surface area contributed by atoms with Crippen molar-refractivity contribution in [1.29, 1.82) is 0 Å². The number of alkyl halides is 2. The molecule has 3 aliphatic rings. The molecule has 2 fully saturated rings. The molecular weight excluding hydrogens is 246 g/mol. The third-order valence-corrected chi connectivity index (χ3v) is 4.91. The van der Waals surface area contributed by atoms with E-state index < -0.39 is 5.92 Å². The Hall–Kier alpha value is -1.16. The third kappa shape index (κ3) is 1.84. The van der Waals surface area contributed by atoms with Crippen LogP contribution < -0.4 is 10.6 Å². The minimum absolute atomic E-state index is 0.226. The van der Waals surface area contributed by atoms with Gasteiger partial charge in [0.05, 0.1) is 0 Å². The molecule has 2 aliphatic carbocycles. The second-order valence-electron chi connectivity index (χ2n) is 6.11. The highest BCUT2D eigenvalue weighted by atomic mass is 19.3. The van der Waals surface area contributed by atoms with E-state index in [0.717, 1.165) is 25.2 Å². The van der Waals surface area contributed by atoms with E-state index in [1.165, 1.54) is 11.1 Å². The lowest BCUT2D eigenvalue weighted by molar-refractivity contribution is 0.0710. The third-order valence-electron chi connectivity index (χ3n) is 4.91. The summed E-state index contributed by atoms with van der Waals surface area (Å²) in [5.74, 6) is -3.08. The van der Waals surface area contributed by atoms with Gasteiger partial charge in [0.2, 0.25) is 0 Å². The standard InChI is InChI=1S/C15H18F2N2/c16-15(17)13-6-12(7-14(13)15)19-11-2-1-9-3-4-18-8-10(9)5-11/h1-2,5,12-14,18-19H,3-4,6-8H2. The van der Waals surface area contributed by atoms with Crippen LogP contribution in [0.25, 0.3) is 0 Å². The molecule has 19 heavy (non-hydrogen) atoms. The van der Waals surface area contributed by atoms with Crippen LogP contribution in [0, 0.1) is 11.8 Å². The van der Waals surface area contributed by atoms with Gasteiger partial charge in [0, 0.05) is 30.1 Å². The van der Waals surface area contributed by atoms with Crippen LogP contribution in [-0.2, 0) is 13.0 Å². The fourth-order valence-corrected chi connectivity index (χ4v) is 3.74. The summed E-state index contributed by atoms with van der Waals surface area (Å²) in [6, 6.07) is 6.66. The molecule has 1 heterocycles. The van der Waals surface area contributed by atoms with Crippen LogP contribution >= 0.6 is 0 Å². The summed E-state index contributed by atoms with van der Waals surface area (Å²) < 4.78 is 26.3. The van der Waals surface area contributed by atoms with E-state index in [4.69, 9.17) is 0 Å². The van der Waals surface area contributed by atoms with E-state index >= 15 is 0 Å². The summed E-state index contributed by atoms with van der Waals surface area (Å²) in [5, 5.41) is 6.79. The fourth-order valence-electron chi connectivity index (χ4n) is 3.74. The van der Waals surface area contributed by atoms with Crippen molar-refractivity contribution in [1.82, 2.24) is 5.32 Å². The minimum atomic E-state index is -2.36. The molecule has 0 saturated heterocycles. The van der Waals surface area contributed by atoms with Crippen LogP contribution in [0.2, 0.25) is 0 Å². The van der Waals surface area contributed by atoms with Gasteiger partial charge in [-0.05, 0) is 49.1 Å². The molecule has 4 heteroatoms. The zero-order valence-corrected chi connectivity index (χ0v) is 10.8. The summed E-state index contributed by atoms with van der Waals surface area (Å²) in [5.41, 5.74) is 3.83. The largest absolute Gasteiger partial charge is 0.382 e. The van der Waals surface area contributed by atoms with Gasteiger partial charge >= 0.3 is 0 Å². The van der Waals surface area contributed by atoms with Crippen molar-refractivity contribution in [2.24, 2.45) is 11.8 Å². The molecule has 0 amide bonds. The van der Waals surface area contributed by atoms with E-state index in [2.05, 4.69) is 28.8 Å². The summed E-state index contributed by atoms with van der Waals surface area (Å²) in [7, 11) is 0. The van der Waals surface area contributed by atoms with E-state index in [1.807, 2.05) is 0 Å². The molecule has 2 atom stereocenters. The Labute approximate surface area is 111 Å². The first-order chi connectivity index (χ1) is 9.14. The van der Waals surface area contributed by atoms with Crippen LogP contribution in [0.1, 0.15) is 24.0 Å². The van der Waals surface area contributed by atoms with Crippen molar-refractivity contribution in [2.75, 3.05) is 11.9 Å². The Morgan fingerprint density at radius 1 is 1.16 bits per heavy atom. The molecule has 1 aromatic rings. The van der Waals surface area contributed by atoms with Crippen LogP contribution in [0.5, 0.6) is 0 Å². The average molecular weight is 264 g/mol. The molecule has 0 radical (unpaired) electrons. The Kier molecular flexibility index (Phi) is 2.40. The second-order valence-corrected chi connectivity index (χ2v) is 6.11. The van der Waals surface area contributed by atoms with Gasteiger partial charge in [-0.15, -0.1) is 0 Å². The van der Waals surface area contributed by atoms with Gasteiger partial charge in [0.15, 0.2) is 0 Å². The maximum atomic E-state index is 13.1. The Balaban J connectivity index is 1.44. The Morgan fingerprint density at radius 3 is 2.74 bits per heavy atom. The van der Waals surface area contributed by atoms with E-state index in [9.17, 15) is 8.78 Å². The lowest BCUT2D eigenvalue weighted by Gasteiger charge is -2.21. The van der Waals surface area contributed by atoms with Crippen molar-refractivity contribution in [2.45, 2.75) is 37.8 Å². The van der Waals surface area contributed by atoms with Crippen molar-refractivity contribution >= 4 is 5.69 Å². The Morgan fingerprint density at radius 2 is 1.95 bits per heavy atom. The number of nitrogens with one attached hydrogen (secondary N) is 2. The number of anilines is 1. The van der Waals surface area contributed by atoms with Gasteiger partial charge in [-0.25, -0.2) is 8.78 Å². The van der Waals surface area contributed by atoms with Crippen LogP contribution in [0.3, 0.4) is 0 Å². The van der Waals surface area contributed by atoms with Gasteiger partial charge in [0.1, 0.15) is 0 Å². The molecule has 2 saturated carbocycles. The molecule has 2 unspecified atom stereocenters. The number of halogens is 2. The van der Waals surface area contributed by atoms with Crippen LogP contribution in [0.4, 0.5) is 14.5 Å². The highest BCUT2D eigenvalue weighted by Crippen LogP contribution is 2.64. The number of hydrogen-bond acceptors (Lipinski definition) is 2. The smallest absolute Gasteiger partial charge is 0.254 e. The second kappa shape index (κ2) is 3.92. The summed E-state index contributed by atoms with van der Waals surface area (Å²) in [6.07, 6.45) is 2.31. The molecule has 0 aromatic heterocycles. The first-order valence-corrected chi connectivity index (χ1v) is 7.11. The van der Waals surface area contributed by atoms with E-state index in [0.29, 0.717) is 12.8 Å². The number of fused-ring (bicyclic) bond motifs is 2. The first kappa shape index (κ1) is 11.6. The van der Waals surface area contributed by atoms with Crippen LogP contribution in [-0.4, -0.2) is 18.5 Å². The number of rotatable bonds is 2. The Bertz CT molecular complexity index is 501. The quantitative estimate of drug-likeness (QED) is 0.858. The molecule has 0 spiro atoms. The molecule has 2 N–H and O–H groups in total. The fraction of sp³-hybridized carbons (Fsp3) is 0.600. The molecule has 2 nitrogen and oxygen atoms in total. The average Bonchev–Trinajstić information content (AvgIpc) is 2.79. The van der Waals surface area contributed by atoms with Crippen molar-refractivity contribution in [3.8, 4) is 0 Å². The predicted molar refractivity (Wildman–Crippen MR) is 70.4 cm³/mol. The predicted octanol–water partition coefficient (Wildman–Crippen LogP) is 2.79. The number of hydrogen-bond donors (Lipinski definition) is 2. The molecule has 0 bridgehead atoms. The normalized spacial score (nSPS) is 34.5. The van der Waals surface area contributed by atoms with E-state index in [1.54, 1.807) is 0 Å². The summed E-state index contributed by atoms with van der Waals surface area (Å²) in [4.78, 5) is 0. The molecule has 102 valence electrons. The highest BCUT2D eigenvalue weighted by molar-refractivity contribution is 5.50. The molecule has 1 aromatic carbocycles. The van der Waals surface area contributed by atoms with Gasteiger partial charge in [-0.3, -0.25) is 0 Å². The zero-order chi connectivity index (χ0) is 13.0. The van der Waals surface area contributed by atoms with Gasteiger partial charge in [0.25, 0.3) is 5.92 Å². The van der Waals surface area contributed by atoms with E-state index in [-0.39, 0.29) is 17.9 Å². The lowest BCUT2D eigenvalue weighted by atomic mass is 10.00. The van der Waals surface area contributed by atoms with Crippen LogP contribution in [0.15, 0.2) is 18.2 Å². The topological polar surface area (TPSA) is 24.1 Å². The highest BCUT2D eigenvalue weighted by Gasteiger charge is 2.71. The van der Waals surface area contributed by atoms with Gasteiger partial charge in [-0.2, -0.15) is 0 Å². The summed E-state index contributed by atoms with van der Waals surface area (Å²) >= 11 is 0. The van der Waals surface area contributed by atoms with Crippen molar-refractivity contribution in [3.05, 3.63) is 29.3 Å². The molecular formula is C15H18F2N2. The lowest BCUT2D eigenvalue weighted by Crippen LogP contribution is -2.24. The van der Waals surface area contributed by atoms with Gasteiger partial charge in [-0.1, -0.05) is 6.07 Å². The number of benzene rings is 1.